The molecule has 1 aromatic carbocycles. The van der Waals surface area contributed by atoms with E-state index in [4.69, 9.17) is 0 Å². The van der Waals surface area contributed by atoms with Crippen molar-refractivity contribution < 1.29 is 0 Å². The lowest BCUT2D eigenvalue weighted by Gasteiger charge is -2.48. The van der Waals surface area contributed by atoms with Crippen LogP contribution in [0.5, 0.6) is 0 Å². The molecule has 0 nitrogen and oxygen atoms in total. The van der Waals surface area contributed by atoms with Crippen LogP contribution in [0, 0.1) is 0 Å². The molecule has 0 spiro atoms. The molecule has 0 aliphatic heterocycles. The van der Waals surface area contributed by atoms with Crippen molar-refractivity contribution in [3.05, 3.63) is 35.9 Å². The van der Waals surface area contributed by atoms with Crippen LogP contribution in [0.4, 0.5) is 0 Å². The molecule has 0 bridgehead atoms. The van der Waals surface area contributed by atoms with Crippen LogP contribution in [0.3, 0.4) is 0 Å². The summed E-state index contributed by atoms with van der Waals surface area (Å²) in [5, 5.41) is 1.06. The van der Waals surface area contributed by atoms with E-state index < -0.39 is 16.1 Å². The minimum atomic E-state index is -1.17. The number of hydrogen-bond acceptors (Lipinski definition) is 0. The minimum Gasteiger partial charge on any atom is -0.0678 e. The van der Waals surface area contributed by atoms with Gasteiger partial charge >= 0.3 is 0 Å². The van der Waals surface area contributed by atoms with Crippen molar-refractivity contribution in [1.29, 1.82) is 0 Å². The fraction of sp³-hybridized carbons (Fsp3) is 0.700. The summed E-state index contributed by atoms with van der Waals surface area (Å²) in [6, 6.07) is 20.2. The molecule has 0 aliphatic carbocycles. The van der Waals surface area contributed by atoms with E-state index in [0.29, 0.717) is 0 Å². The Hall–Kier alpha value is -0.346. The minimum absolute atomic E-state index is 1.06. The van der Waals surface area contributed by atoms with Gasteiger partial charge in [0.25, 0.3) is 0 Å². The lowest BCUT2D eigenvalue weighted by atomic mass is 10.2. The first-order chi connectivity index (χ1) is 10.6. The number of rotatable bonds is 10. The molecule has 1 rings (SSSR count). The zero-order chi connectivity index (χ0) is 16.6. The lowest BCUT2D eigenvalue weighted by Crippen LogP contribution is -2.53. The Labute approximate surface area is 141 Å². The van der Waals surface area contributed by atoms with Crippen molar-refractivity contribution in [2.24, 2.45) is 0 Å². The van der Waals surface area contributed by atoms with Crippen LogP contribution in [-0.4, -0.2) is 16.1 Å². The lowest BCUT2D eigenvalue weighted by molar-refractivity contribution is 0.900. The van der Waals surface area contributed by atoms with Crippen molar-refractivity contribution in [1.82, 2.24) is 0 Å². The van der Waals surface area contributed by atoms with Gasteiger partial charge in [-0.1, -0.05) is 108 Å². The van der Waals surface area contributed by atoms with Crippen LogP contribution in [0.15, 0.2) is 30.3 Å². The van der Waals surface area contributed by atoms with Crippen LogP contribution < -0.4 is 0 Å². The summed E-state index contributed by atoms with van der Waals surface area (Å²) in [6.45, 7) is 15.0. The second kappa shape index (κ2) is 9.07. The number of hydrogen-bond donors (Lipinski definition) is 0. The predicted molar refractivity (Wildman–Crippen MR) is 108 cm³/mol. The molecular formula is C20H38Si2. The summed E-state index contributed by atoms with van der Waals surface area (Å²) < 4.78 is 0. The Morgan fingerprint density at radius 1 is 0.636 bits per heavy atom. The highest BCUT2D eigenvalue weighted by atomic mass is 28.4. The molecule has 0 fully saturated rings. The molecule has 0 saturated carbocycles. The van der Waals surface area contributed by atoms with Crippen molar-refractivity contribution in [3.63, 3.8) is 0 Å². The molecule has 0 amide bonds. The monoisotopic (exact) mass is 334 g/mol. The van der Waals surface area contributed by atoms with E-state index in [1.165, 1.54) is 42.7 Å². The van der Waals surface area contributed by atoms with Crippen LogP contribution in [0.25, 0.3) is 0 Å². The summed E-state index contributed by atoms with van der Waals surface area (Å²) in [5.41, 5.74) is 1.59. The maximum absolute atomic E-state index is 2.50. The molecule has 0 N–H and O–H groups in total. The van der Waals surface area contributed by atoms with Crippen LogP contribution in [0.2, 0.25) is 41.4 Å². The first-order valence-electron chi connectivity index (χ1n) is 9.61. The van der Waals surface area contributed by atoms with E-state index in [9.17, 15) is 0 Å². The summed E-state index contributed by atoms with van der Waals surface area (Å²) in [6.07, 6.45) is 1.37. The van der Waals surface area contributed by atoms with Crippen LogP contribution in [0.1, 0.15) is 47.1 Å². The second-order valence-corrected chi connectivity index (χ2v) is 18.8. The molecule has 0 aliphatic rings. The Balaban J connectivity index is 3.30. The molecule has 2 heteroatoms. The normalized spacial score (nSPS) is 12.9. The topological polar surface area (TPSA) is 0 Å². The standard InChI is InChI=1S/C20H38Si2/c1-7-21(8-2,9-3)20(22(10-4,11-5)12-6)18-19-16-14-13-15-17-19/h13-17,20H,7-12,18H2,1-6H3. The summed E-state index contributed by atoms with van der Waals surface area (Å²) >= 11 is 0. The summed E-state index contributed by atoms with van der Waals surface area (Å²) in [4.78, 5) is 0. The highest BCUT2D eigenvalue weighted by molar-refractivity contribution is 6.99. The van der Waals surface area contributed by atoms with Gasteiger partial charge in [-0.2, -0.15) is 0 Å². The third-order valence-corrected chi connectivity index (χ3v) is 22.5. The van der Waals surface area contributed by atoms with Crippen molar-refractivity contribution in [2.45, 2.75) is 89.4 Å². The van der Waals surface area contributed by atoms with Gasteiger partial charge < -0.3 is 0 Å². The molecule has 0 radical (unpaired) electrons. The van der Waals surface area contributed by atoms with Gasteiger partial charge in [-0.05, 0) is 17.1 Å². The Bertz CT molecular complexity index is 368. The average Bonchev–Trinajstić information content (AvgIpc) is 2.59. The molecule has 0 heterocycles. The smallest absolute Gasteiger partial charge is 0.0535 e. The van der Waals surface area contributed by atoms with E-state index in [-0.39, 0.29) is 0 Å². The zero-order valence-electron chi connectivity index (χ0n) is 15.9. The van der Waals surface area contributed by atoms with Gasteiger partial charge in [0.2, 0.25) is 0 Å². The third-order valence-electron chi connectivity index (χ3n) is 6.99. The fourth-order valence-electron chi connectivity index (χ4n) is 4.91. The van der Waals surface area contributed by atoms with Gasteiger partial charge in [-0.25, -0.2) is 0 Å². The largest absolute Gasteiger partial charge is 0.0678 e. The molecule has 0 saturated heterocycles. The van der Waals surface area contributed by atoms with E-state index >= 15 is 0 Å². The van der Waals surface area contributed by atoms with Crippen LogP contribution in [-0.2, 0) is 6.42 Å². The first kappa shape index (κ1) is 19.7. The SMILES string of the molecule is CC[Si](CC)(CC)C(Cc1ccccc1)[Si](CC)(CC)CC. The molecular weight excluding hydrogens is 296 g/mol. The second-order valence-electron chi connectivity index (χ2n) is 7.09. The van der Waals surface area contributed by atoms with Crippen molar-refractivity contribution in [3.8, 4) is 0 Å². The average molecular weight is 335 g/mol. The van der Waals surface area contributed by atoms with Gasteiger partial charge in [-0.15, -0.1) is 0 Å². The van der Waals surface area contributed by atoms with Gasteiger partial charge in [0, 0.05) is 0 Å². The van der Waals surface area contributed by atoms with Gasteiger partial charge in [0.15, 0.2) is 0 Å². The van der Waals surface area contributed by atoms with Gasteiger partial charge in [0.05, 0.1) is 16.1 Å². The highest BCUT2D eigenvalue weighted by Crippen LogP contribution is 2.46. The molecule has 126 valence electrons. The maximum atomic E-state index is 2.50. The Morgan fingerprint density at radius 3 is 1.32 bits per heavy atom. The van der Waals surface area contributed by atoms with E-state index in [0.717, 1.165) is 5.16 Å². The van der Waals surface area contributed by atoms with E-state index in [2.05, 4.69) is 71.9 Å². The summed E-state index contributed by atoms with van der Waals surface area (Å²) in [5.74, 6) is 0. The zero-order valence-corrected chi connectivity index (χ0v) is 17.9. The Morgan fingerprint density at radius 2 is 1.00 bits per heavy atom. The van der Waals surface area contributed by atoms with Gasteiger partial charge in [-0.3, -0.25) is 0 Å². The molecule has 22 heavy (non-hydrogen) atoms. The van der Waals surface area contributed by atoms with Crippen molar-refractivity contribution >= 4 is 16.1 Å². The van der Waals surface area contributed by atoms with E-state index in [1.807, 2.05) is 0 Å². The molecule has 0 aromatic heterocycles. The quantitative estimate of drug-likeness (QED) is 0.398. The highest BCUT2D eigenvalue weighted by Gasteiger charge is 2.47. The predicted octanol–water partition coefficient (Wildman–Crippen LogP) is 7.16. The third kappa shape index (κ3) is 3.94. The molecule has 0 unspecified atom stereocenters. The first-order valence-corrected chi connectivity index (χ1v) is 15.0. The Kier molecular flexibility index (Phi) is 8.12. The maximum Gasteiger partial charge on any atom is 0.0535 e. The number of benzene rings is 1. The van der Waals surface area contributed by atoms with E-state index in [1.54, 1.807) is 5.56 Å². The molecule has 1 aromatic rings. The van der Waals surface area contributed by atoms with Crippen molar-refractivity contribution in [2.75, 3.05) is 0 Å². The van der Waals surface area contributed by atoms with Crippen LogP contribution >= 0.6 is 0 Å². The molecule has 0 atom stereocenters. The fourth-order valence-corrected chi connectivity index (χ4v) is 21.1. The van der Waals surface area contributed by atoms with Gasteiger partial charge in [0.1, 0.15) is 0 Å². The summed E-state index contributed by atoms with van der Waals surface area (Å²) in [7, 11) is -2.33.